The van der Waals surface area contributed by atoms with Gasteiger partial charge < -0.3 is 24.4 Å². The molecule has 2 fully saturated rings. The van der Waals surface area contributed by atoms with Crippen LogP contribution in [0, 0.1) is 5.82 Å². The Morgan fingerprint density at radius 1 is 1.15 bits per heavy atom. The first-order chi connectivity index (χ1) is 16.5. The van der Waals surface area contributed by atoms with Crippen LogP contribution in [-0.2, 0) is 16.0 Å². The third-order valence-corrected chi connectivity index (χ3v) is 6.96. The number of carbonyl (C=O) groups is 2. The van der Waals surface area contributed by atoms with Crippen LogP contribution < -0.4 is 19.5 Å². The Balaban J connectivity index is 1.15. The van der Waals surface area contributed by atoms with Gasteiger partial charge >= 0.3 is 0 Å². The van der Waals surface area contributed by atoms with Crippen molar-refractivity contribution in [2.24, 2.45) is 0 Å². The molecule has 0 saturated carbocycles. The van der Waals surface area contributed by atoms with Gasteiger partial charge in [-0.05, 0) is 49.1 Å². The van der Waals surface area contributed by atoms with Crippen molar-refractivity contribution in [3.63, 3.8) is 0 Å². The van der Waals surface area contributed by atoms with E-state index < -0.39 is 5.54 Å². The highest BCUT2D eigenvalue weighted by atomic mass is 19.1. The minimum absolute atomic E-state index is 0.0271. The number of piperidine rings is 1. The van der Waals surface area contributed by atoms with Crippen LogP contribution in [0.25, 0.3) is 0 Å². The lowest BCUT2D eigenvalue weighted by atomic mass is 9.84. The third-order valence-electron chi connectivity index (χ3n) is 6.96. The molecule has 0 bridgehead atoms. The summed E-state index contributed by atoms with van der Waals surface area (Å²) in [5.74, 6) is 1.44. The van der Waals surface area contributed by atoms with Crippen LogP contribution in [-0.4, -0.2) is 48.2 Å². The van der Waals surface area contributed by atoms with E-state index in [1.807, 2.05) is 23.1 Å². The van der Waals surface area contributed by atoms with Crippen LogP contribution >= 0.6 is 0 Å². The van der Waals surface area contributed by atoms with Crippen molar-refractivity contribution in [2.75, 3.05) is 19.9 Å². The molecule has 7 nitrogen and oxygen atoms in total. The average molecular weight is 469 g/mol. The van der Waals surface area contributed by atoms with Crippen LogP contribution in [0.2, 0.25) is 0 Å². The summed E-state index contributed by atoms with van der Waals surface area (Å²) in [6.45, 7) is 1.39. The molecule has 0 spiro atoms. The molecule has 3 heterocycles. The second-order valence-corrected chi connectivity index (χ2v) is 9.32. The highest BCUT2D eigenvalue weighted by Crippen LogP contribution is 2.36. The molecule has 0 aliphatic carbocycles. The summed E-state index contributed by atoms with van der Waals surface area (Å²) in [7, 11) is 0. The van der Waals surface area contributed by atoms with E-state index in [-0.39, 0.29) is 36.3 Å². The molecule has 2 aromatic carbocycles. The van der Waals surface area contributed by atoms with Crippen molar-refractivity contribution in [2.45, 2.75) is 56.6 Å². The molecule has 2 saturated heterocycles. The van der Waals surface area contributed by atoms with Crippen molar-refractivity contribution < 1.29 is 28.2 Å². The number of nitrogens with zero attached hydrogens (tertiary/aromatic N) is 1. The molecule has 3 aliphatic rings. The summed E-state index contributed by atoms with van der Waals surface area (Å²) in [5.41, 5.74) is 0.609. The molecule has 5 rings (SSSR count). The van der Waals surface area contributed by atoms with Gasteiger partial charge in [0.25, 0.3) is 0 Å². The Labute approximate surface area is 198 Å². The number of hydrogen-bond acceptors (Lipinski definition) is 5. The van der Waals surface area contributed by atoms with Gasteiger partial charge in [0.15, 0.2) is 23.1 Å². The van der Waals surface area contributed by atoms with E-state index >= 15 is 0 Å². The largest absolute Gasteiger partial charge is 0.487 e. The second kappa shape index (κ2) is 9.52. The van der Waals surface area contributed by atoms with Gasteiger partial charge in [0.1, 0.15) is 6.10 Å². The zero-order valence-corrected chi connectivity index (χ0v) is 19.1. The Bertz CT molecular complexity index is 1070. The molecular weight excluding hydrogens is 439 g/mol. The van der Waals surface area contributed by atoms with E-state index in [4.69, 9.17) is 14.2 Å². The first-order valence-corrected chi connectivity index (χ1v) is 11.9. The summed E-state index contributed by atoms with van der Waals surface area (Å²) in [6, 6.07) is 12.2. The zero-order chi connectivity index (χ0) is 23.5. The highest BCUT2D eigenvalue weighted by Gasteiger charge is 2.38. The van der Waals surface area contributed by atoms with Gasteiger partial charge in [-0.25, -0.2) is 4.39 Å². The summed E-state index contributed by atoms with van der Waals surface area (Å²) < 4.78 is 30.5. The Kier molecular flexibility index (Phi) is 6.30. The zero-order valence-electron chi connectivity index (χ0n) is 19.1. The molecule has 2 amide bonds. The lowest BCUT2D eigenvalue weighted by Gasteiger charge is -2.34. The molecule has 1 atom stereocenters. The van der Waals surface area contributed by atoms with Gasteiger partial charge in [0.2, 0.25) is 18.6 Å². The number of amides is 2. The number of nitrogens with one attached hydrogen (secondary N) is 1. The van der Waals surface area contributed by atoms with Crippen molar-refractivity contribution >= 4 is 11.8 Å². The second-order valence-electron chi connectivity index (χ2n) is 9.32. The Morgan fingerprint density at radius 3 is 2.71 bits per heavy atom. The van der Waals surface area contributed by atoms with E-state index in [1.165, 1.54) is 6.07 Å². The lowest BCUT2D eigenvalue weighted by Crippen LogP contribution is -2.46. The lowest BCUT2D eigenvalue weighted by molar-refractivity contribution is -0.133. The number of benzene rings is 2. The fourth-order valence-electron chi connectivity index (χ4n) is 5.07. The monoisotopic (exact) mass is 468 g/mol. The van der Waals surface area contributed by atoms with Crippen LogP contribution in [0.3, 0.4) is 0 Å². The molecular formula is C26H29FN2O5. The number of rotatable bonds is 7. The fraction of sp³-hybridized carbons (Fsp3) is 0.462. The van der Waals surface area contributed by atoms with Crippen LogP contribution in [0.1, 0.15) is 44.1 Å². The molecule has 8 heteroatoms. The normalized spacial score (nSPS) is 22.0. The van der Waals surface area contributed by atoms with Gasteiger partial charge in [-0.3, -0.25) is 9.59 Å². The van der Waals surface area contributed by atoms with Crippen molar-refractivity contribution in [1.29, 1.82) is 0 Å². The number of ether oxygens (including phenoxy) is 3. The highest BCUT2D eigenvalue weighted by molar-refractivity contribution is 5.80. The SMILES string of the molecule is O=C1CC[C@](CCC(=O)N2CCC(Oc3ccccc3F)CC2)(Cc2ccc3c(c2)OCO3)N1. The van der Waals surface area contributed by atoms with Gasteiger partial charge in [-0.2, -0.15) is 0 Å². The molecule has 3 aliphatic heterocycles. The molecule has 0 radical (unpaired) electrons. The summed E-state index contributed by atoms with van der Waals surface area (Å²) in [5, 5.41) is 3.14. The number of fused-ring (bicyclic) bond motifs is 1. The van der Waals surface area contributed by atoms with Gasteiger partial charge in [-0.1, -0.05) is 18.2 Å². The van der Waals surface area contributed by atoms with Gasteiger partial charge in [0, 0.05) is 44.3 Å². The predicted octanol–water partition coefficient (Wildman–Crippen LogP) is 3.60. The molecule has 1 N–H and O–H groups in total. The van der Waals surface area contributed by atoms with E-state index in [1.54, 1.807) is 18.2 Å². The molecule has 34 heavy (non-hydrogen) atoms. The maximum Gasteiger partial charge on any atom is 0.231 e. The van der Waals surface area contributed by atoms with Crippen molar-refractivity contribution in [3.8, 4) is 17.2 Å². The fourth-order valence-corrected chi connectivity index (χ4v) is 5.07. The van der Waals surface area contributed by atoms with Crippen molar-refractivity contribution in [3.05, 3.63) is 53.8 Å². The van der Waals surface area contributed by atoms with E-state index in [0.29, 0.717) is 63.8 Å². The standard InChI is InChI=1S/C26H29FN2O5/c27-20-3-1-2-4-21(20)34-19-9-13-29(14-10-19)25(31)8-12-26(11-7-24(30)28-26)16-18-5-6-22-23(15-18)33-17-32-22/h1-6,15,19H,7-14,16-17H2,(H,28,30)/t26-/m0/s1. The average Bonchev–Trinajstić information content (AvgIpc) is 3.46. The van der Waals surface area contributed by atoms with Crippen LogP contribution in [0.4, 0.5) is 4.39 Å². The third kappa shape index (κ3) is 4.95. The maximum atomic E-state index is 13.9. The number of likely N-dealkylation sites (tertiary alicyclic amines) is 1. The van der Waals surface area contributed by atoms with E-state index in [2.05, 4.69) is 5.32 Å². The Morgan fingerprint density at radius 2 is 1.94 bits per heavy atom. The minimum Gasteiger partial charge on any atom is -0.487 e. The number of halogens is 1. The topological polar surface area (TPSA) is 77.1 Å². The first kappa shape index (κ1) is 22.5. The number of para-hydroxylation sites is 1. The smallest absolute Gasteiger partial charge is 0.231 e. The molecule has 180 valence electrons. The molecule has 0 aromatic heterocycles. The predicted molar refractivity (Wildman–Crippen MR) is 122 cm³/mol. The van der Waals surface area contributed by atoms with E-state index in [0.717, 1.165) is 11.3 Å². The van der Waals surface area contributed by atoms with Gasteiger partial charge in [0.05, 0.1) is 0 Å². The quantitative estimate of drug-likeness (QED) is 0.672. The number of hydrogen-bond donors (Lipinski definition) is 1. The summed E-state index contributed by atoms with van der Waals surface area (Å²) in [6.07, 6.45) is 3.98. The minimum atomic E-state index is -0.438. The van der Waals surface area contributed by atoms with E-state index in [9.17, 15) is 14.0 Å². The first-order valence-electron chi connectivity index (χ1n) is 11.9. The Hall–Kier alpha value is -3.29. The van der Waals surface area contributed by atoms with Crippen LogP contribution in [0.15, 0.2) is 42.5 Å². The molecule has 0 unspecified atom stereocenters. The maximum absolute atomic E-state index is 13.9. The summed E-state index contributed by atoms with van der Waals surface area (Å²) in [4.78, 5) is 26.9. The summed E-state index contributed by atoms with van der Waals surface area (Å²) >= 11 is 0. The number of carbonyl (C=O) groups excluding carboxylic acids is 2. The van der Waals surface area contributed by atoms with Gasteiger partial charge in [-0.15, -0.1) is 0 Å². The molecule has 2 aromatic rings. The van der Waals surface area contributed by atoms with Crippen LogP contribution in [0.5, 0.6) is 17.2 Å². The van der Waals surface area contributed by atoms with Crippen molar-refractivity contribution in [1.82, 2.24) is 10.2 Å².